The molecule has 0 bridgehead atoms. The van der Waals surface area contributed by atoms with Gasteiger partial charge >= 0.3 is 0 Å². The molecule has 92 valence electrons. The van der Waals surface area contributed by atoms with E-state index in [-0.39, 0.29) is 6.04 Å². The van der Waals surface area contributed by atoms with E-state index in [9.17, 15) is 4.79 Å². The third kappa shape index (κ3) is 1.92. The van der Waals surface area contributed by atoms with Crippen LogP contribution in [-0.2, 0) is 11.3 Å². The van der Waals surface area contributed by atoms with Gasteiger partial charge in [-0.3, -0.25) is 0 Å². The lowest BCUT2D eigenvalue weighted by atomic mass is 10.0. The zero-order valence-corrected chi connectivity index (χ0v) is 10.2. The predicted molar refractivity (Wildman–Crippen MR) is 65.8 cm³/mol. The highest BCUT2D eigenvalue weighted by atomic mass is 32.1. The Morgan fingerprint density at radius 1 is 1.59 bits per heavy atom. The number of nitrogens with one attached hydrogen (secondary N) is 1. The van der Waals surface area contributed by atoms with Crippen molar-refractivity contribution in [2.24, 2.45) is 0 Å². The molecule has 1 fully saturated rings. The van der Waals surface area contributed by atoms with Gasteiger partial charge in [0.05, 0.1) is 23.6 Å². The van der Waals surface area contributed by atoms with E-state index in [1.165, 1.54) is 11.3 Å². The average molecular weight is 253 g/mol. The first kappa shape index (κ1) is 11.0. The van der Waals surface area contributed by atoms with Crippen molar-refractivity contribution in [3.05, 3.63) is 10.9 Å². The second-order valence-corrected chi connectivity index (χ2v) is 5.40. The van der Waals surface area contributed by atoms with Crippen LogP contribution >= 0.6 is 11.3 Å². The first-order valence-corrected chi connectivity index (χ1v) is 6.65. The first-order chi connectivity index (χ1) is 8.28. The largest absolute Gasteiger partial charge is 0.404 e. The number of carbonyl (C=O) groups is 1. The van der Waals surface area contributed by atoms with Crippen molar-refractivity contribution in [1.29, 1.82) is 0 Å². The molecule has 0 aromatic carbocycles. The second-order valence-electron chi connectivity index (χ2n) is 4.49. The maximum Gasteiger partial charge on any atom is 0.164 e. The molecule has 1 aromatic heterocycles. The summed E-state index contributed by atoms with van der Waals surface area (Å²) in [6.45, 7) is 1.54. The first-order valence-electron chi connectivity index (χ1n) is 5.77. The van der Waals surface area contributed by atoms with Gasteiger partial charge in [-0.1, -0.05) is 0 Å². The molecule has 0 aliphatic carbocycles. The molecule has 0 spiro atoms. The number of fused-ring (bicyclic) bond motifs is 1. The number of aldehydes is 1. The minimum atomic E-state index is 0.00686. The molecule has 2 aliphatic rings. The fraction of sp³-hybridized carbons (Fsp3) is 0.545. The minimum absolute atomic E-state index is 0.00686. The fourth-order valence-electron chi connectivity index (χ4n) is 2.36. The molecule has 2 aliphatic heterocycles. The normalized spacial score (nSPS) is 28.7. The molecule has 2 unspecified atom stereocenters. The summed E-state index contributed by atoms with van der Waals surface area (Å²) in [5, 5.41) is 7.98. The van der Waals surface area contributed by atoms with Crippen molar-refractivity contribution < 1.29 is 9.63 Å². The molecule has 3 N–H and O–H groups in total. The van der Waals surface area contributed by atoms with Crippen molar-refractivity contribution in [3.63, 3.8) is 0 Å². The van der Waals surface area contributed by atoms with E-state index >= 15 is 0 Å². The summed E-state index contributed by atoms with van der Waals surface area (Å²) in [4.78, 5) is 16.4. The number of rotatable bonds is 2. The van der Waals surface area contributed by atoms with Crippen molar-refractivity contribution in [1.82, 2.24) is 10.4 Å². The molecule has 6 heteroatoms. The number of hydrogen-bond donors (Lipinski definition) is 2. The Hall–Kier alpha value is -1.11. The summed E-state index contributed by atoms with van der Waals surface area (Å²) >= 11 is 1.52. The van der Waals surface area contributed by atoms with Crippen LogP contribution in [0.15, 0.2) is 5.38 Å². The number of piperidine rings is 1. The monoisotopic (exact) mass is 253 g/mol. The number of carbonyl (C=O) groups excluding carboxylic acids is 1. The molecule has 0 saturated carbocycles. The molecule has 3 heterocycles. The topological polar surface area (TPSA) is 67.6 Å². The van der Waals surface area contributed by atoms with Crippen LogP contribution in [0, 0.1) is 0 Å². The number of hydrogen-bond acceptors (Lipinski definition) is 6. The van der Waals surface area contributed by atoms with Gasteiger partial charge in [0.15, 0.2) is 5.75 Å². The lowest BCUT2D eigenvalue weighted by Gasteiger charge is -2.32. The van der Waals surface area contributed by atoms with Crippen LogP contribution in [0.2, 0.25) is 0 Å². The fourth-order valence-corrected chi connectivity index (χ4v) is 3.08. The van der Waals surface area contributed by atoms with E-state index in [2.05, 4.69) is 5.32 Å². The Balaban J connectivity index is 1.63. The number of nitrogen functional groups attached to an aromatic ring is 1. The predicted octanol–water partition coefficient (Wildman–Crippen LogP) is 0.759. The van der Waals surface area contributed by atoms with Crippen LogP contribution in [0.25, 0.3) is 0 Å². The molecule has 17 heavy (non-hydrogen) atoms. The quantitative estimate of drug-likeness (QED) is 0.762. The van der Waals surface area contributed by atoms with Crippen molar-refractivity contribution >= 4 is 22.6 Å². The van der Waals surface area contributed by atoms with Crippen molar-refractivity contribution in [2.75, 3.05) is 12.3 Å². The highest BCUT2D eigenvalue weighted by Gasteiger charge is 2.32. The van der Waals surface area contributed by atoms with Gasteiger partial charge in [0.25, 0.3) is 0 Å². The maximum atomic E-state index is 10.6. The highest BCUT2D eigenvalue weighted by Crippen LogP contribution is 2.39. The minimum Gasteiger partial charge on any atom is -0.404 e. The van der Waals surface area contributed by atoms with Gasteiger partial charge in [-0.15, -0.1) is 16.4 Å². The molecule has 0 radical (unpaired) electrons. The lowest BCUT2D eigenvalue weighted by Crippen LogP contribution is -2.49. The molecule has 1 aromatic rings. The molecule has 0 amide bonds. The maximum absolute atomic E-state index is 10.6. The van der Waals surface area contributed by atoms with E-state index in [4.69, 9.17) is 10.6 Å². The molecular formula is C11H15N3O2S. The van der Waals surface area contributed by atoms with Crippen LogP contribution < -0.4 is 15.9 Å². The molecule has 2 atom stereocenters. The molecular weight excluding hydrogens is 238 g/mol. The van der Waals surface area contributed by atoms with Crippen LogP contribution in [0.1, 0.15) is 18.4 Å². The van der Waals surface area contributed by atoms with E-state index in [1.54, 1.807) is 0 Å². The number of thiophene rings is 1. The van der Waals surface area contributed by atoms with Gasteiger partial charge < -0.3 is 20.7 Å². The smallest absolute Gasteiger partial charge is 0.164 e. The zero-order chi connectivity index (χ0) is 11.8. The molecule has 3 rings (SSSR count). The zero-order valence-electron chi connectivity index (χ0n) is 9.39. The molecule has 1 saturated heterocycles. The van der Waals surface area contributed by atoms with E-state index < -0.39 is 0 Å². The van der Waals surface area contributed by atoms with Crippen molar-refractivity contribution in [2.45, 2.75) is 31.5 Å². The van der Waals surface area contributed by atoms with Crippen LogP contribution in [-0.4, -0.2) is 30.0 Å². The Kier molecular flexibility index (Phi) is 2.78. The number of anilines is 1. The summed E-state index contributed by atoms with van der Waals surface area (Å²) < 4.78 is 0. The van der Waals surface area contributed by atoms with Gasteiger partial charge in [0.2, 0.25) is 0 Å². The third-order valence-electron chi connectivity index (χ3n) is 3.42. The number of nitrogens with zero attached hydrogens (tertiary/aromatic N) is 1. The molecule has 5 nitrogen and oxygen atoms in total. The average Bonchev–Trinajstić information content (AvgIpc) is 2.92. The van der Waals surface area contributed by atoms with Crippen LogP contribution in [0.4, 0.5) is 5.00 Å². The highest BCUT2D eigenvalue weighted by molar-refractivity contribution is 7.14. The van der Waals surface area contributed by atoms with E-state index in [1.807, 2.05) is 10.4 Å². The summed E-state index contributed by atoms with van der Waals surface area (Å²) in [6, 6.07) is 0.329. The Bertz CT molecular complexity index is 426. The van der Waals surface area contributed by atoms with Crippen LogP contribution in [0.3, 0.4) is 0 Å². The van der Waals surface area contributed by atoms with Crippen molar-refractivity contribution in [3.8, 4) is 5.75 Å². The van der Waals surface area contributed by atoms with E-state index in [0.717, 1.165) is 48.5 Å². The van der Waals surface area contributed by atoms with Crippen LogP contribution in [0.5, 0.6) is 5.75 Å². The lowest BCUT2D eigenvalue weighted by molar-refractivity contribution is -0.113. The summed E-state index contributed by atoms with van der Waals surface area (Å²) in [7, 11) is 0. The standard InChI is InChI=1S/C11H15N3O2S/c12-11-9-4-14(16-10(9)6-17-11)8-2-1-7(5-15)13-3-8/h5-8,13H,1-4,12H2. The SMILES string of the molecule is Nc1scc2c1CN(C1CCC(C=O)NC1)O2. The van der Waals surface area contributed by atoms with Gasteiger partial charge in [-0.2, -0.15) is 0 Å². The third-order valence-corrected chi connectivity index (χ3v) is 4.25. The number of hydroxylamine groups is 2. The van der Waals surface area contributed by atoms with Gasteiger partial charge in [-0.05, 0) is 12.8 Å². The summed E-state index contributed by atoms with van der Waals surface area (Å²) in [5.41, 5.74) is 6.98. The summed E-state index contributed by atoms with van der Waals surface area (Å²) in [6.07, 6.45) is 2.83. The Morgan fingerprint density at radius 3 is 3.12 bits per heavy atom. The Morgan fingerprint density at radius 2 is 2.47 bits per heavy atom. The summed E-state index contributed by atoms with van der Waals surface area (Å²) in [5.74, 6) is 0.894. The van der Waals surface area contributed by atoms with Gasteiger partial charge in [0.1, 0.15) is 6.29 Å². The van der Waals surface area contributed by atoms with Gasteiger partial charge in [-0.25, -0.2) is 0 Å². The van der Waals surface area contributed by atoms with Gasteiger partial charge in [0, 0.05) is 17.5 Å². The number of nitrogens with two attached hydrogens (primary N) is 1. The van der Waals surface area contributed by atoms with E-state index in [0.29, 0.717) is 6.04 Å². The second kappa shape index (κ2) is 4.29. The Labute approximate surface area is 103 Å².